The van der Waals surface area contributed by atoms with Crippen molar-refractivity contribution in [1.82, 2.24) is 10.2 Å². The van der Waals surface area contributed by atoms with Gasteiger partial charge in [-0.1, -0.05) is 54.6 Å². The van der Waals surface area contributed by atoms with Crippen LogP contribution in [0.4, 0.5) is 0 Å². The number of amides is 1. The number of carbonyl (C=O) groups excluding carboxylic acids is 1. The highest BCUT2D eigenvalue weighted by Crippen LogP contribution is 2.28. The van der Waals surface area contributed by atoms with Gasteiger partial charge in [0.15, 0.2) is 0 Å². The zero-order valence-electron chi connectivity index (χ0n) is 13.9. The molecule has 1 fully saturated rings. The monoisotopic (exact) mass is 320 g/mol. The van der Waals surface area contributed by atoms with E-state index in [0.29, 0.717) is 5.92 Å². The standard InChI is InChI=1S/C21H24N2O/c24-21(20-14-18-8-4-5-9-19(18)15-22-20)23-12-10-17(11-13-23)16-6-2-1-3-7-16/h1-9,17,20,22H,10-15H2. The summed E-state index contributed by atoms with van der Waals surface area (Å²) >= 11 is 0. The molecule has 1 amide bonds. The molecule has 2 aliphatic rings. The number of fused-ring (bicyclic) bond motifs is 1. The lowest BCUT2D eigenvalue weighted by Gasteiger charge is -2.36. The van der Waals surface area contributed by atoms with Crippen molar-refractivity contribution in [3.8, 4) is 0 Å². The number of rotatable bonds is 2. The van der Waals surface area contributed by atoms with Crippen LogP contribution in [-0.4, -0.2) is 29.9 Å². The molecular weight excluding hydrogens is 296 g/mol. The summed E-state index contributed by atoms with van der Waals surface area (Å²) < 4.78 is 0. The van der Waals surface area contributed by atoms with E-state index in [1.807, 2.05) is 0 Å². The first kappa shape index (κ1) is 15.4. The van der Waals surface area contributed by atoms with E-state index >= 15 is 0 Å². The molecular formula is C21H24N2O. The summed E-state index contributed by atoms with van der Waals surface area (Å²) in [6.07, 6.45) is 2.95. The molecule has 1 saturated heterocycles. The molecule has 0 aromatic heterocycles. The molecule has 2 aromatic rings. The van der Waals surface area contributed by atoms with Gasteiger partial charge >= 0.3 is 0 Å². The number of carbonyl (C=O) groups is 1. The summed E-state index contributed by atoms with van der Waals surface area (Å²) in [5.41, 5.74) is 4.05. The Hall–Kier alpha value is -2.13. The van der Waals surface area contributed by atoms with Crippen LogP contribution < -0.4 is 5.32 Å². The largest absolute Gasteiger partial charge is 0.341 e. The number of likely N-dealkylation sites (tertiary alicyclic amines) is 1. The van der Waals surface area contributed by atoms with E-state index in [1.54, 1.807) is 0 Å². The first-order chi connectivity index (χ1) is 11.8. The van der Waals surface area contributed by atoms with Crippen LogP contribution in [-0.2, 0) is 17.8 Å². The summed E-state index contributed by atoms with van der Waals surface area (Å²) in [5, 5.41) is 3.42. The maximum Gasteiger partial charge on any atom is 0.240 e. The van der Waals surface area contributed by atoms with E-state index in [2.05, 4.69) is 64.8 Å². The fourth-order valence-electron chi connectivity index (χ4n) is 4.01. The lowest BCUT2D eigenvalue weighted by Crippen LogP contribution is -2.51. The molecule has 0 bridgehead atoms. The summed E-state index contributed by atoms with van der Waals surface area (Å²) in [6.45, 7) is 2.55. The van der Waals surface area contributed by atoms with Crippen molar-refractivity contribution in [3.63, 3.8) is 0 Å². The van der Waals surface area contributed by atoms with E-state index in [4.69, 9.17) is 0 Å². The van der Waals surface area contributed by atoms with Gasteiger partial charge in [-0.25, -0.2) is 0 Å². The molecule has 4 rings (SSSR count). The van der Waals surface area contributed by atoms with Crippen molar-refractivity contribution in [3.05, 3.63) is 71.3 Å². The third-order valence-corrected chi connectivity index (χ3v) is 5.46. The Morgan fingerprint density at radius 1 is 0.917 bits per heavy atom. The summed E-state index contributed by atoms with van der Waals surface area (Å²) in [6, 6.07) is 19.1. The summed E-state index contributed by atoms with van der Waals surface area (Å²) in [4.78, 5) is 14.9. The van der Waals surface area contributed by atoms with E-state index < -0.39 is 0 Å². The van der Waals surface area contributed by atoms with E-state index in [0.717, 1.165) is 38.9 Å². The minimum absolute atomic E-state index is 0.0619. The number of nitrogens with zero attached hydrogens (tertiary/aromatic N) is 1. The molecule has 0 saturated carbocycles. The third kappa shape index (κ3) is 3.09. The molecule has 1 atom stereocenters. The minimum Gasteiger partial charge on any atom is -0.341 e. The molecule has 2 aliphatic heterocycles. The second kappa shape index (κ2) is 6.78. The van der Waals surface area contributed by atoms with Crippen molar-refractivity contribution >= 4 is 5.91 Å². The average molecular weight is 320 g/mol. The van der Waals surface area contributed by atoms with Gasteiger partial charge in [0, 0.05) is 19.6 Å². The Labute approximate surface area is 143 Å². The Morgan fingerprint density at radius 2 is 1.58 bits per heavy atom. The van der Waals surface area contributed by atoms with Crippen LogP contribution in [0.2, 0.25) is 0 Å². The number of hydrogen-bond acceptors (Lipinski definition) is 2. The third-order valence-electron chi connectivity index (χ3n) is 5.46. The Bertz CT molecular complexity index is 705. The Kier molecular flexibility index (Phi) is 4.35. The molecule has 0 spiro atoms. The van der Waals surface area contributed by atoms with Crippen LogP contribution in [0.15, 0.2) is 54.6 Å². The fraction of sp³-hybridized carbons (Fsp3) is 0.381. The molecule has 3 nitrogen and oxygen atoms in total. The lowest BCUT2D eigenvalue weighted by molar-refractivity contribution is -0.134. The second-order valence-electron chi connectivity index (χ2n) is 6.92. The van der Waals surface area contributed by atoms with E-state index in [9.17, 15) is 4.79 Å². The van der Waals surface area contributed by atoms with Crippen molar-refractivity contribution in [1.29, 1.82) is 0 Å². The van der Waals surface area contributed by atoms with Gasteiger partial charge in [-0.05, 0) is 41.9 Å². The van der Waals surface area contributed by atoms with Gasteiger partial charge in [0.2, 0.25) is 5.91 Å². The van der Waals surface area contributed by atoms with Gasteiger partial charge in [0.05, 0.1) is 6.04 Å². The van der Waals surface area contributed by atoms with Gasteiger partial charge in [0.25, 0.3) is 0 Å². The van der Waals surface area contributed by atoms with Crippen molar-refractivity contribution in [2.45, 2.75) is 37.8 Å². The highest BCUT2D eigenvalue weighted by Gasteiger charge is 2.30. The topological polar surface area (TPSA) is 32.3 Å². The number of nitrogens with one attached hydrogen (secondary N) is 1. The van der Waals surface area contributed by atoms with Gasteiger partial charge in [-0.15, -0.1) is 0 Å². The van der Waals surface area contributed by atoms with Crippen LogP contribution in [0, 0.1) is 0 Å². The number of benzene rings is 2. The van der Waals surface area contributed by atoms with E-state index in [-0.39, 0.29) is 11.9 Å². The van der Waals surface area contributed by atoms with Crippen LogP contribution >= 0.6 is 0 Å². The SMILES string of the molecule is O=C(C1Cc2ccccc2CN1)N1CCC(c2ccccc2)CC1. The normalized spacial score (nSPS) is 21.3. The Balaban J connectivity index is 1.37. The molecule has 24 heavy (non-hydrogen) atoms. The summed E-state index contributed by atoms with van der Waals surface area (Å²) in [7, 11) is 0. The molecule has 1 unspecified atom stereocenters. The molecule has 2 aromatic carbocycles. The quantitative estimate of drug-likeness (QED) is 0.922. The maximum absolute atomic E-state index is 12.9. The minimum atomic E-state index is -0.0619. The van der Waals surface area contributed by atoms with Crippen molar-refractivity contribution in [2.75, 3.05) is 13.1 Å². The highest BCUT2D eigenvalue weighted by molar-refractivity contribution is 5.82. The average Bonchev–Trinajstić information content (AvgIpc) is 2.68. The van der Waals surface area contributed by atoms with Gasteiger partial charge in [-0.2, -0.15) is 0 Å². The van der Waals surface area contributed by atoms with Gasteiger partial charge < -0.3 is 10.2 Å². The summed E-state index contributed by atoms with van der Waals surface area (Å²) in [5.74, 6) is 0.867. The van der Waals surface area contributed by atoms with Gasteiger partial charge in [-0.3, -0.25) is 4.79 Å². The second-order valence-corrected chi connectivity index (χ2v) is 6.92. The molecule has 1 N–H and O–H groups in total. The zero-order chi connectivity index (χ0) is 16.4. The predicted octanol–water partition coefficient (Wildman–Crippen LogP) is 3.11. The number of hydrogen-bond donors (Lipinski definition) is 1. The van der Waals surface area contributed by atoms with Gasteiger partial charge in [0.1, 0.15) is 0 Å². The van der Waals surface area contributed by atoms with Crippen LogP contribution in [0.1, 0.15) is 35.4 Å². The molecule has 3 heteroatoms. The molecule has 0 radical (unpaired) electrons. The van der Waals surface area contributed by atoms with E-state index in [1.165, 1.54) is 16.7 Å². The van der Waals surface area contributed by atoms with Crippen molar-refractivity contribution in [2.24, 2.45) is 0 Å². The molecule has 2 heterocycles. The first-order valence-electron chi connectivity index (χ1n) is 8.95. The number of piperidine rings is 1. The molecule has 124 valence electrons. The smallest absolute Gasteiger partial charge is 0.240 e. The Morgan fingerprint density at radius 3 is 2.33 bits per heavy atom. The van der Waals surface area contributed by atoms with Crippen LogP contribution in [0.5, 0.6) is 0 Å². The lowest BCUT2D eigenvalue weighted by atomic mass is 9.88. The zero-order valence-corrected chi connectivity index (χ0v) is 13.9. The molecule has 0 aliphatic carbocycles. The first-order valence-corrected chi connectivity index (χ1v) is 8.95. The highest BCUT2D eigenvalue weighted by atomic mass is 16.2. The predicted molar refractivity (Wildman–Crippen MR) is 95.8 cm³/mol. The fourth-order valence-corrected chi connectivity index (χ4v) is 4.01. The van der Waals surface area contributed by atoms with Crippen molar-refractivity contribution < 1.29 is 4.79 Å². The van der Waals surface area contributed by atoms with Crippen LogP contribution in [0.25, 0.3) is 0 Å². The van der Waals surface area contributed by atoms with Crippen LogP contribution in [0.3, 0.4) is 0 Å². The maximum atomic E-state index is 12.9.